The van der Waals surface area contributed by atoms with E-state index in [1.807, 2.05) is 12.1 Å². The molecule has 0 saturated carbocycles. The van der Waals surface area contributed by atoms with Crippen LogP contribution in [-0.4, -0.2) is 20.2 Å². The minimum Gasteiger partial charge on any atom is -0.494 e. The number of hydrogen-bond acceptors (Lipinski definition) is 2. The molecule has 0 spiro atoms. The van der Waals surface area contributed by atoms with Gasteiger partial charge < -0.3 is 10.1 Å². The Morgan fingerprint density at radius 1 is 1.33 bits per heavy atom. The lowest BCUT2D eigenvalue weighted by molar-refractivity contribution is 0.266. The highest BCUT2D eigenvalue weighted by Gasteiger charge is 2.25. The molecule has 0 fully saturated rings. The number of benzene rings is 1. The third-order valence-electron chi connectivity index (χ3n) is 3.84. The van der Waals surface area contributed by atoms with Gasteiger partial charge in [-0.05, 0) is 42.3 Å². The maximum absolute atomic E-state index is 14.3. The van der Waals surface area contributed by atoms with Crippen LogP contribution in [0.4, 0.5) is 4.39 Å². The maximum atomic E-state index is 14.3. The Morgan fingerprint density at radius 3 is 2.62 bits per heavy atom. The molecule has 0 radical (unpaired) electrons. The van der Waals surface area contributed by atoms with Crippen LogP contribution in [0.1, 0.15) is 46.1 Å². The number of hydrogen-bond donors (Lipinski definition) is 1. The summed E-state index contributed by atoms with van der Waals surface area (Å²) in [5, 5.41) is 3.52. The van der Waals surface area contributed by atoms with Gasteiger partial charge >= 0.3 is 0 Å². The van der Waals surface area contributed by atoms with E-state index in [2.05, 4.69) is 33.0 Å². The van der Waals surface area contributed by atoms with Crippen LogP contribution < -0.4 is 10.1 Å². The van der Waals surface area contributed by atoms with E-state index in [4.69, 9.17) is 4.74 Å². The molecule has 120 valence electrons. The smallest absolute Gasteiger partial charge is 0.168 e. The molecule has 1 aromatic rings. The lowest BCUT2D eigenvalue weighted by Gasteiger charge is -2.30. The van der Waals surface area contributed by atoms with E-state index in [0.717, 1.165) is 37.9 Å². The van der Waals surface area contributed by atoms with E-state index >= 15 is 0 Å². The molecule has 0 amide bonds. The zero-order chi connectivity index (χ0) is 15.9. The molecular formula is C18H30FNO. The Balaban J connectivity index is 2.81. The van der Waals surface area contributed by atoms with Crippen LogP contribution in [0.3, 0.4) is 0 Å². The summed E-state index contributed by atoms with van der Waals surface area (Å²) in [7, 11) is 1.51. The summed E-state index contributed by atoms with van der Waals surface area (Å²) in [6, 6.07) is 5.41. The fourth-order valence-electron chi connectivity index (χ4n) is 2.82. The van der Waals surface area contributed by atoms with Crippen molar-refractivity contribution in [3.63, 3.8) is 0 Å². The average Bonchev–Trinajstić information content (AvgIpc) is 2.41. The minimum atomic E-state index is -0.216. The molecular weight excluding hydrogens is 265 g/mol. The molecule has 1 unspecified atom stereocenters. The highest BCUT2D eigenvalue weighted by Crippen LogP contribution is 2.31. The van der Waals surface area contributed by atoms with E-state index < -0.39 is 0 Å². The monoisotopic (exact) mass is 295 g/mol. The highest BCUT2D eigenvalue weighted by atomic mass is 19.1. The van der Waals surface area contributed by atoms with Gasteiger partial charge in [-0.2, -0.15) is 0 Å². The summed E-state index contributed by atoms with van der Waals surface area (Å²) >= 11 is 0. The average molecular weight is 295 g/mol. The summed E-state index contributed by atoms with van der Waals surface area (Å²) in [5.74, 6) is 0.747. The quantitative estimate of drug-likeness (QED) is 0.727. The first-order valence-electron chi connectivity index (χ1n) is 7.94. The molecule has 0 aliphatic heterocycles. The summed E-state index contributed by atoms with van der Waals surface area (Å²) in [6.45, 7) is 10.7. The largest absolute Gasteiger partial charge is 0.494 e. The van der Waals surface area contributed by atoms with Crippen LogP contribution in [0, 0.1) is 17.2 Å². The lowest BCUT2D eigenvalue weighted by Crippen LogP contribution is -2.35. The predicted molar refractivity (Wildman–Crippen MR) is 87.4 cm³/mol. The second-order valence-electron chi connectivity index (χ2n) is 6.70. The molecule has 0 heterocycles. The number of halogens is 1. The summed E-state index contributed by atoms with van der Waals surface area (Å²) in [4.78, 5) is 0. The molecule has 0 aliphatic rings. The number of nitrogens with one attached hydrogen (secondary N) is 1. The van der Waals surface area contributed by atoms with Crippen LogP contribution in [0.2, 0.25) is 0 Å². The SMILES string of the molecule is CCCC(C)(CNCC(C)C)Cc1cccc(OC)c1F. The fourth-order valence-corrected chi connectivity index (χ4v) is 2.82. The van der Waals surface area contributed by atoms with E-state index in [1.165, 1.54) is 7.11 Å². The number of rotatable bonds is 9. The van der Waals surface area contributed by atoms with Crippen molar-refractivity contribution in [3.8, 4) is 5.75 Å². The Labute approximate surface area is 129 Å². The minimum absolute atomic E-state index is 0.0663. The van der Waals surface area contributed by atoms with Gasteiger partial charge in [0.2, 0.25) is 0 Å². The van der Waals surface area contributed by atoms with Gasteiger partial charge in [-0.1, -0.05) is 46.2 Å². The molecule has 21 heavy (non-hydrogen) atoms. The molecule has 1 rings (SSSR count). The first-order chi connectivity index (χ1) is 9.91. The zero-order valence-electron chi connectivity index (χ0n) is 14.1. The van der Waals surface area contributed by atoms with Gasteiger partial charge in [-0.15, -0.1) is 0 Å². The van der Waals surface area contributed by atoms with Gasteiger partial charge in [0.05, 0.1) is 7.11 Å². The van der Waals surface area contributed by atoms with E-state index in [1.54, 1.807) is 6.07 Å². The van der Waals surface area contributed by atoms with Crippen LogP contribution >= 0.6 is 0 Å². The highest BCUT2D eigenvalue weighted by molar-refractivity contribution is 5.31. The first-order valence-corrected chi connectivity index (χ1v) is 7.94. The third kappa shape index (κ3) is 5.66. The van der Waals surface area contributed by atoms with E-state index in [0.29, 0.717) is 11.7 Å². The van der Waals surface area contributed by atoms with Crippen molar-refractivity contribution in [1.29, 1.82) is 0 Å². The maximum Gasteiger partial charge on any atom is 0.168 e. The van der Waals surface area contributed by atoms with E-state index in [9.17, 15) is 4.39 Å². The van der Waals surface area contributed by atoms with Gasteiger partial charge in [0.25, 0.3) is 0 Å². The van der Waals surface area contributed by atoms with Gasteiger partial charge in [0, 0.05) is 6.54 Å². The van der Waals surface area contributed by atoms with Crippen molar-refractivity contribution in [2.75, 3.05) is 20.2 Å². The van der Waals surface area contributed by atoms with Crippen molar-refractivity contribution >= 4 is 0 Å². The summed E-state index contributed by atoms with van der Waals surface area (Å²) in [6.07, 6.45) is 2.91. The Bertz CT molecular complexity index is 433. The molecule has 0 aromatic heterocycles. The Kier molecular flexibility index (Phi) is 7.16. The first kappa shape index (κ1) is 18.0. The molecule has 1 aromatic carbocycles. The Morgan fingerprint density at radius 2 is 2.05 bits per heavy atom. The van der Waals surface area contributed by atoms with Gasteiger partial charge in [0.15, 0.2) is 11.6 Å². The van der Waals surface area contributed by atoms with Gasteiger partial charge in [0.1, 0.15) is 0 Å². The van der Waals surface area contributed by atoms with Crippen molar-refractivity contribution in [1.82, 2.24) is 5.32 Å². The number of ether oxygens (including phenoxy) is 1. The second kappa shape index (κ2) is 8.38. The third-order valence-corrected chi connectivity index (χ3v) is 3.84. The van der Waals surface area contributed by atoms with Crippen LogP contribution in [-0.2, 0) is 6.42 Å². The molecule has 1 N–H and O–H groups in total. The topological polar surface area (TPSA) is 21.3 Å². The predicted octanol–water partition coefficient (Wildman–Crippen LogP) is 4.43. The second-order valence-corrected chi connectivity index (χ2v) is 6.70. The fraction of sp³-hybridized carbons (Fsp3) is 0.667. The molecule has 3 heteroatoms. The number of methoxy groups -OCH3 is 1. The normalized spacial score (nSPS) is 14.2. The molecule has 0 bridgehead atoms. The lowest BCUT2D eigenvalue weighted by atomic mass is 9.79. The van der Waals surface area contributed by atoms with Crippen molar-refractivity contribution in [2.24, 2.45) is 11.3 Å². The van der Waals surface area contributed by atoms with Crippen LogP contribution in [0.5, 0.6) is 5.75 Å². The van der Waals surface area contributed by atoms with Crippen LogP contribution in [0.15, 0.2) is 18.2 Å². The molecule has 2 nitrogen and oxygen atoms in total. The molecule has 1 atom stereocenters. The van der Waals surface area contributed by atoms with Crippen molar-refractivity contribution < 1.29 is 9.13 Å². The zero-order valence-corrected chi connectivity index (χ0v) is 14.1. The van der Waals surface area contributed by atoms with E-state index in [-0.39, 0.29) is 11.2 Å². The van der Waals surface area contributed by atoms with Crippen molar-refractivity contribution in [2.45, 2.75) is 47.0 Å². The summed E-state index contributed by atoms with van der Waals surface area (Å²) < 4.78 is 19.4. The molecule has 0 aliphatic carbocycles. The van der Waals surface area contributed by atoms with Gasteiger partial charge in [-0.3, -0.25) is 0 Å². The Hall–Kier alpha value is -1.09. The van der Waals surface area contributed by atoms with Gasteiger partial charge in [-0.25, -0.2) is 4.39 Å². The molecule has 0 saturated heterocycles. The standard InChI is InChI=1S/C18H30FNO/c1-6-10-18(4,13-20-12-14(2)3)11-15-8-7-9-16(21-5)17(15)19/h7-9,14,20H,6,10-13H2,1-5H3. The van der Waals surface area contributed by atoms with Crippen LogP contribution in [0.25, 0.3) is 0 Å². The summed E-state index contributed by atoms with van der Waals surface area (Å²) in [5.41, 5.74) is 0.813. The van der Waals surface area contributed by atoms with Crippen molar-refractivity contribution in [3.05, 3.63) is 29.6 Å².